The SMILES string of the molecule is COc1ccc(CNCc2ccc(-c3ccc(Cl)cc3)o2)cc1.[Cl-]. The Kier molecular flexibility index (Phi) is 6.73. The minimum absolute atomic E-state index is 0. The molecule has 0 atom stereocenters. The fourth-order valence-electron chi connectivity index (χ4n) is 2.32. The Hall–Kier alpha value is -1.94. The summed E-state index contributed by atoms with van der Waals surface area (Å²) in [7, 11) is 1.67. The van der Waals surface area contributed by atoms with Gasteiger partial charge in [0.1, 0.15) is 17.3 Å². The molecule has 0 aliphatic carbocycles. The highest BCUT2D eigenvalue weighted by Crippen LogP contribution is 2.23. The number of methoxy groups -OCH3 is 1. The average Bonchev–Trinajstić information content (AvgIpc) is 3.05. The van der Waals surface area contributed by atoms with Crippen LogP contribution in [0.4, 0.5) is 0 Å². The summed E-state index contributed by atoms with van der Waals surface area (Å²) in [4.78, 5) is 0. The number of halogens is 2. The van der Waals surface area contributed by atoms with Gasteiger partial charge in [0, 0.05) is 17.1 Å². The zero-order chi connectivity index (χ0) is 16.1. The molecule has 2 aromatic carbocycles. The molecule has 0 bridgehead atoms. The highest BCUT2D eigenvalue weighted by atomic mass is 35.5. The van der Waals surface area contributed by atoms with Crippen LogP contribution in [0.5, 0.6) is 5.75 Å². The maximum atomic E-state index is 5.90. The first-order chi connectivity index (χ1) is 11.2. The Labute approximate surface area is 153 Å². The van der Waals surface area contributed by atoms with Crippen LogP contribution in [-0.2, 0) is 13.1 Å². The molecule has 3 nitrogen and oxygen atoms in total. The number of rotatable bonds is 6. The van der Waals surface area contributed by atoms with Crippen molar-refractivity contribution in [3.63, 3.8) is 0 Å². The van der Waals surface area contributed by atoms with Crippen LogP contribution in [0.3, 0.4) is 0 Å². The highest BCUT2D eigenvalue weighted by molar-refractivity contribution is 6.30. The van der Waals surface area contributed by atoms with E-state index < -0.39 is 0 Å². The molecule has 0 aliphatic heterocycles. The van der Waals surface area contributed by atoms with E-state index in [9.17, 15) is 0 Å². The molecule has 1 N–H and O–H groups in total. The van der Waals surface area contributed by atoms with E-state index in [-0.39, 0.29) is 12.4 Å². The smallest absolute Gasteiger partial charge is 0.134 e. The molecule has 3 aromatic rings. The summed E-state index contributed by atoms with van der Waals surface area (Å²) in [5, 5.41) is 4.10. The lowest BCUT2D eigenvalue weighted by Crippen LogP contribution is -3.00. The van der Waals surface area contributed by atoms with Crippen LogP contribution in [0.15, 0.2) is 65.1 Å². The van der Waals surface area contributed by atoms with Gasteiger partial charge in [0.15, 0.2) is 0 Å². The molecule has 126 valence electrons. The number of ether oxygens (including phenoxy) is 1. The summed E-state index contributed by atoms with van der Waals surface area (Å²) in [6.07, 6.45) is 0. The van der Waals surface area contributed by atoms with Gasteiger partial charge in [0.2, 0.25) is 0 Å². The second kappa shape index (κ2) is 8.78. The van der Waals surface area contributed by atoms with Crippen LogP contribution >= 0.6 is 11.6 Å². The van der Waals surface area contributed by atoms with Gasteiger partial charge in [-0.25, -0.2) is 0 Å². The van der Waals surface area contributed by atoms with Crippen molar-refractivity contribution >= 4 is 11.6 Å². The molecule has 1 aromatic heterocycles. The van der Waals surface area contributed by atoms with Crippen molar-refractivity contribution in [2.45, 2.75) is 13.1 Å². The van der Waals surface area contributed by atoms with E-state index in [1.165, 1.54) is 5.56 Å². The molecular formula is C19H18Cl2NO2-. The lowest BCUT2D eigenvalue weighted by molar-refractivity contribution is -0.00000542. The average molecular weight is 363 g/mol. The molecule has 0 saturated heterocycles. The van der Waals surface area contributed by atoms with Crippen LogP contribution in [-0.4, -0.2) is 7.11 Å². The Balaban J connectivity index is 0.00000208. The number of furan rings is 1. The maximum Gasteiger partial charge on any atom is 0.134 e. The molecule has 0 aliphatic rings. The zero-order valence-corrected chi connectivity index (χ0v) is 14.8. The minimum atomic E-state index is 0. The number of hydrogen-bond donors (Lipinski definition) is 1. The number of nitrogens with one attached hydrogen (secondary N) is 1. The summed E-state index contributed by atoms with van der Waals surface area (Å²) in [5.41, 5.74) is 2.23. The monoisotopic (exact) mass is 362 g/mol. The number of hydrogen-bond acceptors (Lipinski definition) is 3. The zero-order valence-electron chi connectivity index (χ0n) is 13.3. The molecule has 0 fully saturated rings. The third kappa shape index (κ3) is 4.78. The lowest BCUT2D eigenvalue weighted by atomic mass is 10.2. The van der Waals surface area contributed by atoms with Crippen LogP contribution in [0.1, 0.15) is 11.3 Å². The maximum absolute atomic E-state index is 5.90. The van der Waals surface area contributed by atoms with E-state index in [0.717, 1.165) is 34.4 Å². The van der Waals surface area contributed by atoms with E-state index in [1.807, 2.05) is 60.7 Å². The molecule has 0 radical (unpaired) electrons. The molecule has 5 heteroatoms. The normalized spacial score (nSPS) is 10.2. The molecule has 0 unspecified atom stereocenters. The van der Waals surface area contributed by atoms with Crippen molar-refractivity contribution in [2.24, 2.45) is 0 Å². The van der Waals surface area contributed by atoms with Gasteiger partial charge in [-0.2, -0.15) is 0 Å². The van der Waals surface area contributed by atoms with Gasteiger partial charge >= 0.3 is 0 Å². The first-order valence-electron chi connectivity index (χ1n) is 7.43. The van der Waals surface area contributed by atoms with Gasteiger partial charge in [-0.15, -0.1) is 0 Å². The van der Waals surface area contributed by atoms with Crippen molar-refractivity contribution in [2.75, 3.05) is 7.11 Å². The number of benzene rings is 2. The van der Waals surface area contributed by atoms with E-state index in [1.54, 1.807) is 7.11 Å². The van der Waals surface area contributed by atoms with Gasteiger partial charge in [0.05, 0.1) is 13.7 Å². The lowest BCUT2D eigenvalue weighted by Gasteiger charge is -2.05. The van der Waals surface area contributed by atoms with E-state index in [2.05, 4.69) is 5.32 Å². The molecule has 24 heavy (non-hydrogen) atoms. The predicted octanol–water partition coefficient (Wildman–Crippen LogP) is 1.90. The minimum Gasteiger partial charge on any atom is -1.00 e. The fourth-order valence-corrected chi connectivity index (χ4v) is 2.44. The van der Waals surface area contributed by atoms with E-state index >= 15 is 0 Å². The van der Waals surface area contributed by atoms with E-state index in [0.29, 0.717) is 6.54 Å². The Morgan fingerprint density at radius 3 is 2.29 bits per heavy atom. The topological polar surface area (TPSA) is 34.4 Å². The Morgan fingerprint density at radius 1 is 0.917 bits per heavy atom. The molecule has 0 saturated carbocycles. The summed E-state index contributed by atoms with van der Waals surface area (Å²) in [6, 6.07) is 19.6. The van der Waals surface area contributed by atoms with Crippen LogP contribution in [0.25, 0.3) is 11.3 Å². The van der Waals surface area contributed by atoms with Gasteiger partial charge in [-0.3, -0.25) is 0 Å². The van der Waals surface area contributed by atoms with Crippen LogP contribution < -0.4 is 22.5 Å². The van der Waals surface area contributed by atoms with Gasteiger partial charge < -0.3 is 26.9 Å². The van der Waals surface area contributed by atoms with Gasteiger partial charge in [-0.1, -0.05) is 23.7 Å². The highest BCUT2D eigenvalue weighted by Gasteiger charge is 2.04. The second-order valence-corrected chi connectivity index (χ2v) is 5.66. The van der Waals surface area contributed by atoms with Crippen LogP contribution in [0, 0.1) is 0 Å². The fraction of sp³-hybridized carbons (Fsp3) is 0.158. The first kappa shape index (κ1) is 18.4. The molecule has 1 heterocycles. The van der Waals surface area contributed by atoms with Crippen molar-refractivity contribution < 1.29 is 21.6 Å². The molecule has 0 amide bonds. The quantitative estimate of drug-likeness (QED) is 0.727. The molecule has 0 spiro atoms. The Bertz CT molecular complexity index is 752. The van der Waals surface area contributed by atoms with Crippen molar-refractivity contribution in [3.8, 4) is 17.1 Å². The van der Waals surface area contributed by atoms with Gasteiger partial charge in [0.25, 0.3) is 0 Å². The Morgan fingerprint density at radius 2 is 1.62 bits per heavy atom. The predicted molar refractivity (Wildman–Crippen MR) is 92.7 cm³/mol. The third-order valence-corrected chi connectivity index (χ3v) is 3.83. The van der Waals surface area contributed by atoms with E-state index in [4.69, 9.17) is 20.8 Å². The molecule has 3 rings (SSSR count). The molecular weight excluding hydrogens is 345 g/mol. The van der Waals surface area contributed by atoms with Gasteiger partial charge in [-0.05, 0) is 54.1 Å². The second-order valence-electron chi connectivity index (χ2n) is 5.22. The standard InChI is InChI=1S/C19H18ClNO2.ClH/c1-22-17-8-2-14(3-9-17)12-21-13-18-10-11-19(23-18)15-4-6-16(20)7-5-15;/h2-11,21H,12-13H2,1H3;1H/p-1. The largest absolute Gasteiger partial charge is 1.00 e. The third-order valence-electron chi connectivity index (χ3n) is 3.58. The first-order valence-corrected chi connectivity index (χ1v) is 7.81. The summed E-state index contributed by atoms with van der Waals surface area (Å²) in [5.74, 6) is 2.62. The van der Waals surface area contributed by atoms with Crippen molar-refractivity contribution in [1.82, 2.24) is 5.32 Å². The summed E-state index contributed by atoms with van der Waals surface area (Å²) < 4.78 is 11.0. The summed E-state index contributed by atoms with van der Waals surface area (Å²) in [6.45, 7) is 1.46. The van der Waals surface area contributed by atoms with Crippen LogP contribution in [0.2, 0.25) is 5.02 Å². The van der Waals surface area contributed by atoms with Crippen molar-refractivity contribution in [1.29, 1.82) is 0 Å². The summed E-state index contributed by atoms with van der Waals surface area (Å²) >= 11 is 5.90. The van der Waals surface area contributed by atoms with Crippen molar-refractivity contribution in [3.05, 3.63) is 77.0 Å².